The second-order valence-corrected chi connectivity index (χ2v) is 6.79. The molecule has 0 aliphatic heterocycles. The molecule has 0 fully saturated rings. The summed E-state index contributed by atoms with van der Waals surface area (Å²) in [6.07, 6.45) is 1.89. The maximum atomic E-state index is 3.87. The van der Waals surface area contributed by atoms with Crippen LogP contribution in [-0.2, 0) is 0 Å². The molecule has 0 aromatic heterocycles. The zero-order valence-electron chi connectivity index (χ0n) is 10.3. The lowest BCUT2D eigenvalue weighted by atomic mass is 9.96. The summed E-state index contributed by atoms with van der Waals surface area (Å²) in [7, 11) is 0. The summed E-state index contributed by atoms with van der Waals surface area (Å²) in [6.45, 7) is 16.9. The van der Waals surface area contributed by atoms with Crippen LogP contribution < -0.4 is 0 Å². The van der Waals surface area contributed by atoms with Crippen molar-refractivity contribution < 1.29 is 0 Å². The van der Waals surface area contributed by atoms with Gasteiger partial charge in [0.05, 0.1) is 0 Å². The van der Waals surface area contributed by atoms with Gasteiger partial charge in [-0.25, -0.2) is 0 Å². The standard InChI is InChI=1S/C12H23NS/c1-11(2,3)9-14-10(8-13-7)12(4,5)6/h8H,7,9H2,1-6H3/b10-8-. The van der Waals surface area contributed by atoms with E-state index in [4.69, 9.17) is 0 Å². The van der Waals surface area contributed by atoms with E-state index in [0.717, 1.165) is 5.75 Å². The van der Waals surface area contributed by atoms with Gasteiger partial charge in [0.2, 0.25) is 0 Å². The Morgan fingerprint density at radius 1 is 1.21 bits per heavy atom. The van der Waals surface area contributed by atoms with Gasteiger partial charge in [-0.05, 0) is 17.5 Å². The van der Waals surface area contributed by atoms with Crippen molar-refractivity contribution in [3.63, 3.8) is 0 Å². The van der Waals surface area contributed by atoms with E-state index in [2.05, 4.69) is 53.3 Å². The van der Waals surface area contributed by atoms with E-state index in [9.17, 15) is 0 Å². The number of hydrogen-bond acceptors (Lipinski definition) is 2. The third-order valence-electron chi connectivity index (χ3n) is 1.61. The second kappa shape index (κ2) is 5.01. The van der Waals surface area contributed by atoms with Gasteiger partial charge in [-0.2, -0.15) is 0 Å². The van der Waals surface area contributed by atoms with Crippen molar-refractivity contribution in [2.45, 2.75) is 41.5 Å². The van der Waals surface area contributed by atoms with Crippen molar-refractivity contribution in [1.29, 1.82) is 0 Å². The first-order chi connectivity index (χ1) is 6.17. The van der Waals surface area contributed by atoms with E-state index in [1.807, 2.05) is 18.0 Å². The van der Waals surface area contributed by atoms with Crippen LogP contribution in [0.15, 0.2) is 16.1 Å². The van der Waals surface area contributed by atoms with Gasteiger partial charge in [0.1, 0.15) is 0 Å². The van der Waals surface area contributed by atoms with Crippen LogP contribution >= 0.6 is 11.8 Å². The number of nitrogens with zero attached hydrogens (tertiary/aromatic N) is 1. The van der Waals surface area contributed by atoms with Crippen molar-refractivity contribution in [3.05, 3.63) is 11.1 Å². The van der Waals surface area contributed by atoms with Gasteiger partial charge < -0.3 is 0 Å². The number of hydrogen-bond donors (Lipinski definition) is 0. The van der Waals surface area contributed by atoms with E-state index in [-0.39, 0.29) is 5.41 Å². The van der Waals surface area contributed by atoms with Crippen LogP contribution in [0.3, 0.4) is 0 Å². The summed E-state index contributed by atoms with van der Waals surface area (Å²) in [4.78, 5) is 5.18. The molecule has 0 N–H and O–H groups in total. The molecule has 0 bridgehead atoms. The van der Waals surface area contributed by atoms with E-state index in [0.29, 0.717) is 5.41 Å². The van der Waals surface area contributed by atoms with E-state index < -0.39 is 0 Å². The Hall–Kier alpha value is -0.240. The molecule has 14 heavy (non-hydrogen) atoms. The topological polar surface area (TPSA) is 12.4 Å². The Bertz CT molecular complexity index is 215. The van der Waals surface area contributed by atoms with E-state index in [1.54, 1.807) is 0 Å². The summed E-state index contributed by atoms with van der Waals surface area (Å²) in [5.41, 5.74) is 0.535. The Morgan fingerprint density at radius 3 is 2.00 bits per heavy atom. The highest BCUT2D eigenvalue weighted by molar-refractivity contribution is 8.03. The zero-order chi connectivity index (χ0) is 11.4. The number of thioether (sulfide) groups is 1. The number of rotatable bonds is 3. The van der Waals surface area contributed by atoms with Crippen molar-refractivity contribution in [1.82, 2.24) is 0 Å². The fourth-order valence-electron chi connectivity index (χ4n) is 0.825. The highest BCUT2D eigenvalue weighted by Crippen LogP contribution is 2.37. The minimum atomic E-state index is 0.178. The van der Waals surface area contributed by atoms with Crippen LogP contribution in [0, 0.1) is 10.8 Å². The van der Waals surface area contributed by atoms with Gasteiger partial charge in [0.25, 0.3) is 0 Å². The minimum Gasteiger partial charge on any atom is -0.272 e. The van der Waals surface area contributed by atoms with Gasteiger partial charge in [-0.15, -0.1) is 11.8 Å². The molecule has 0 aromatic rings. The highest BCUT2D eigenvalue weighted by Gasteiger charge is 2.20. The summed E-state index contributed by atoms with van der Waals surface area (Å²) >= 11 is 1.89. The van der Waals surface area contributed by atoms with Gasteiger partial charge >= 0.3 is 0 Å². The molecule has 82 valence electrons. The zero-order valence-corrected chi connectivity index (χ0v) is 11.2. The van der Waals surface area contributed by atoms with Gasteiger partial charge in [-0.3, -0.25) is 4.99 Å². The molecule has 0 atom stereocenters. The summed E-state index contributed by atoms with van der Waals surface area (Å²) in [5.74, 6) is 1.12. The molecule has 2 heteroatoms. The third kappa shape index (κ3) is 6.25. The average Bonchev–Trinajstić information content (AvgIpc) is 1.93. The van der Waals surface area contributed by atoms with Crippen molar-refractivity contribution in [2.24, 2.45) is 15.8 Å². The normalized spacial score (nSPS) is 14.3. The molecule has 0 spiro atoms. The molecule has 1 nitrogen and oxygen atoms in total. The molecule has 0 aliphatic rings. The molecule has 0 rings (SSSR count). The molecular weight excluding hydrogens is 190 g/mol. The molecular formula is C12H23NS. The molecule has 0 saturated carbocycles. The first-order valence-corrected chi connectivity index (χ1v) is 5.95. The van der Waals surface area contributed by atoms with Gasteiger partial charge in [0, 0.05) is 16.9 Å². The monoisotopic (exact) mass is 213 g/mol. The Morgan fingerprint density at radius 2 is 1.71 bits per heavy atom. The average molecular weight is 213 g/mol. The molecule has 0 unspecified atom stereocenters. The maximum absolute atomic E-state index is 3.87. The lowest BCUT2D eigenvalue weighted by Gasteiger charge is -2.25. The van der Waals surface area contributed by atoms with Gasteiger partial charge in [0.15, 0.2) is 0 Å². The smallest absolute Gasteiger partial charge is 0.0361 e. The third-order valence-corrected chi connectivity index (χ3v) is 3.65. The van der Waals surface area contributed by atoms with Crippen LogP contribution in [0.4, 0.5) is 0 Å². The van der Waals surface area contributed by atoms with Gasteiger partial charge in [-0.1, -0.05) is 41.5 Å². The fourth-order valence-corrected chi connectivity index (χ4v) is 2.00. The lowest BCUT2D eigenvalue weighted by Crippen LogP contribution is -2.13. The van der Waals surface area contributed by atoms with Crippen LogP contribution in [0.25, 0.3) is 0 Å². The molecule has 0 aromatic carbocycles. The lowest BCUT2D eigenvalue weighted by molar-refractivity contribution is 0.478. The molecule has 0 radical (unpaired) electrons. The summed E-state index contributed by atoms with van der Waals surface area (Å²) in [6, 6.07) is 0. The van der Waals surface area contributed by atoms with E-state index in [1.165, 1.54) is 4.91 Å². The van der Waals surface area contributed by atoms with Crippen LogP contribution in [0.5, 0.6) is 0 Å². The molecule has 0 amide bonds. The number of aliphatic imine (C=N–C) groups is 1. The second-order valence-electron chi connectivity index (χ2n) is 5.78. The summed E-state index contributed by atoms with van der Waals surface area (Å²) < 4.78 is 0. The maximum Gasteiger partial charge on any atom is 0.0361 e. The highest BCUT2D eigenvalue weighted by atomic mass is 32.2. The summed E-state index contributed by atoms with van der Waals surface area (Å²) in [5, 5.41) is 0. The minimum absolute atomic E-state index is 0.178. The Balaban J connectivity index is 4.43. The quantitative estimate of drug-likeness (QED) is 0.635. The molecule has 0 aliphatic carbocycles. The first-order valence-electron chi connectivity index (χ1n) is 4.96. The van der Waals surface area contributed by atoms with Crippen molar-refractivity contribution in [2.75, 3.05) is 5.75 Å². The van der Waals surface area contributed by atoms with Crippen LogP contribution in [0.2, 0.25) is 0 Å². The fraction of sp³-hybridized carbons (Fsp3) is 0.750. The number of allylic oxidation sites excluding steroid dienone is 1. The van der Waals surface area contributed by atoms with Crippen molar-refractivity contribution >= 4 is 18.5 Å². The SMILES string of the molecule is C=N/C=C(\SCC(C)(C)C)C(C)(C)C. The Labute approximate surface area is 93.1 Å². The predicted molar refractivity (Wildman–Crippen MR) is 69.0 cm³/mol. The van der Waals surface area contributed by atoms with Crippen LogP contribution in [0.1, 0.15) is 41.5 Å². The first kappa shape index (κ1) is 13.8. The van der Waals surface area contributed by atoms with Crippen molar-refractivity contribution in [3.8, 4) is 0 Å². The molecule has 0 saturated heterocycles. The largest absolute Gasteiger partial charge is 0.272 e. The van der Waals surface area contributed by atoms with E-state index >= 15 is 0 Å². The predicted octanol–water partition coefficient (Wildman–Crippen LogP) is 4.35. The van der Waals surface area contributed by atoms with Crippen LogP contribution in [-0.4, -0.2) is 12.5 Å². The Kier molecular flexibility index (Phi) is 4.93. The molecule has 0 heterocycles.